The van der Waals surface area contributed by atoms with Gasteiger partial charge in [0, 0.05) is 10.6 Å². The first-order chi connectivity index (χ1) is 16.1. The number of carbonyl (C=O) groups excluding carboxylic acids is 1. The number of sulfonamides is 1. The maximum absolute atomic E-state index is 12.8. The molecule has 0 bridgehead atoms. The fourth-order valence-electron chi connectivity index (χ4n) is 3.16. The summed E-state index contributed by atoms with van der Waals surface area (Å²) in [5.74, 6) is 1.00. The van der Waals surface area contributed by atoms with Crippen LogP contribution in [0.1, 0.15) is 18.1 Å². The van der Waals surface area contributed by atoms with Crippen LogP contribution in [0.2, 0.25) is 0 Å². The van der Waals surface area contributed by atoms with Crippen LogP contribution in [0, 0.1) is 13.8 Å². The lowest BCUT2D eigenvalue weighted by Gasteiger charge is -2.14. The molecule has 0 heterocycles. The lowest BCUT2D eigenvalue weighted by molar-refractivity contribution is -0.115. The van der Waals surface area contributed by atoms with Crippen molar-refractivity contribution in [1.82, 2.24) is 0 Å². The summed E-state index contributed by atoms with van der Waals surface area (Å²) >= 11 is 1.38. The third-order valence-corrected chi connectivity index (χ3v) is 7.58. The van der Waals surface area contributed by atoms with E-state index in [4.69, 9.17) is 9.47 Å². The van der Waals surface area contributed by atoms with Gasteiger partial charge in [-0.05, 0) is 80.4 Å². The predicted octanol–water partition coefficient (Wildman–Crippen LogP) is 5.24. The van der Waals surface area contributed by atoms with Crippen LogP contribution in [0.25, 0.3) is 0 Å². The van der Waals surface area contributed by atoms with Crippen molar-refractivity contribution in [3.63, 3.8) is 0 Å². The molecular weight excluding hydrogens is 472 g/mol. The van der Waals surface area contributed by atoms with Gasteiger partial charge in [0.05, 0.1) is 30.1 Å². The average Bonchev–Trinajstić information content (AvgIpc) is 2.81. The van der Waals surface area contributed by atoms with Crippen LogP contribution in [0.5, 0.6) is 11.5 Å². The standard InChI is InChI=1S/C25H28N2O5S2/c1-16-6-7-17(2)22(14-16)27-34(29,30)21-11-8-19(9-12-21)26-25(28)18(3)33-20-10-13-23(31-4)24(15-20)32-5/h6-15,18,27H,1-5H3,(H,26,28)/t18-/m1/s1. The van der Waals surface area contributed by atoms with Crippen molar-refractivity contribution in [2.75, 3.05) is 24.3 Å². The van der Waals surface area contributed by atoms with Gasteiger partial charge in [-0.15, -0.1) is 11.8 Å². The Morgan fingerprint density at radius 1 is 0.912 bits per heavy atom. The quantitative estimate of drug-likeness (QED) is 0.390. The van der Waals surface area contributed by atoms with Crippen molar-refractivity contribution in [2.45, 2.75) is 35.8 Å². The van der Waals surface area contributed by atoms with E-state index in [0.717, 1.165) is 16.0 Å². The molecule has 9 heteroatoms. The van der Waals surface area contributed by atoms with Crippen molar-refractivity contribution in [2.24, 2.45) is 0 Å². The van der Waals surface area contributed by atoms with Crippen LogP contribution >= 0.6 is 11.8 Å². The Morgan fingerprint density at radius 3 is 2.24 bits per heavy atom. The first-order valence-electron chi connectivity index (χ1n) is 10.5. The maximum Gasteiger partial charge on any atom is 0.261 e. The lowest BCUT2D eigenvalue weighted by Crippen LogP contribution is -2.22. The second-order valence-electron chi connectivity index (χ2n) is 7.71. The monoisotopic (exact) mass is 500 g/mol. The molecule has 34 heavy (non-hydrogen) atoms. The number of thioether (sulfide) groups is 1. The highest BCUT2D eigenvalue weighted by atomic mass is 32.2. The van der Waals surface area contributed by atoms with E-state index in [2.05, 4.69) is 10.0 Å². The molecule has 0 radical (unpaired) electrons. The SMILES string of the molecule is COc1ccc(S[C@H](C)C(=O)Nc2ccc(S(=O)(=O)Nc3cc(C)ccc3C)cc2)cc1OC. The third kappa shape index (κ3) is 6.24. The molecule has 1 atom stereocenters. The number of benzene rings is 3. The molecule has 7 nitrogen and oxygen atoms in total. The molecule has 2 N–H and O–H groups in total. The number of rotatable bonds is 9. The minimum absolute atomic E-state index is 0.110. The van der Waals surface area contributed by atoms with Gasteiger partial charge >= 0.3 is 0 Å². The van der Waals surface area contributed by atoms with Crippen molar-refractivity contribution >= 4 is 39.1 Å². The van der Waals surface area contributed by atoms with E-state index in [1.54, 1.807) is 45.4 Å². The molecule has 0 unspecified atom stereocenters. The van der Waals surface area contributed by atoms with E-state index in [1.807, 2.05) is 38.1 Å². The Labute approximate surface area is 204 Å². The zero-order valence-electron chi connectivity index (χ0n) is 19.7. The number of amides is 1. The number of carbonyl (C=O) groups is 1. The second kappa shape index (κ2) is 10.8. The molecule has 0 saturated heterocycles. The molecule has 0 aliphatic heterocycles. The smallest absolute Gasteiger partial charge is 0.261 e. The van der Waals surface area contributed by atoms with Gasteiger partial charge in [0.1, 0.15) is 0 Å². The highest BCUT2D eigenvalue weighted by Gasteiger charge is 2.18. The van der Waals surface area contributed by atoms with Gasteiger partial charge in [0.25, 0.3) is 10.0 Å². The molecule has 0 aliphatic rings. The molecule has 0 aromatic heterocycles. The molecule has 0 aliphatic carbocycles. The molecule has 3 rings (SSSR count). The summed E-state index contributed by atoms with van der Waals surface area (Å²) in [5, 5.41) is 2.43. The van der Waals surface area contributed by atoms with Crippen LogP contribution < -0.4 is 19.5 Å². The Hall–Kier alpha value is -3.17. The van der Waals surface area contributed by atoms with Gasteiger partial charge in [-0.3, -0.25) is 9.52 Å². The largest absolute Gasteiger partial charge is 0.493 e. The van der Waals surface area contributed by atoms with Crippen LogP contribution in [0.3, 0.4) is 0 Å². The zero-order chi connectivity index (χ0) is 24.9. The molecule has 180 valence electrons. The molecular formula is C25H28N2O5S2. The van der Waals surface area contributed by atoms with Gasteiger partial charge in [-0.25, -0.2) is 8.42 Å². The van der Waals surface area contributed by atoms with Crippen LogP contribution in [-0.2, 0) is 14.8 Å². The first-order valence-corrected chi connectivity index (χ1v) is 12.9. The number of aryl methyl sites for hydroxylation is 2. The van der Waals surface area contributed by atoms with E-state index in [1.165, 1.54) is 23.9 Å². The molecule has 3 aromatic rings. The molecule has 0 saturated carbocycles. The Bertz CT molecular complexity index is 1270. The molecule has 1 amide bonds. The van der Waals surface area contributed by atoms with Crippen LogP contribution in [-0.4, -0.2) is 33.8 Å². The van der Waals surface area contributed by atoms with Gasteiger partial charge in [-0.2, -0.15) is 0 Å². The predicted molar refractivity (Wildman–Crippen MR) is 137 cm³/mol. The van der Waals surface area contributed by atoms with Crippen molar-refractivity contribution in [3.8, 4) is 11.5 Å². The van der Waals surface area contributed by atoms with Gasteiger partial charge < -0.3 is 14.8 Å². The fourth-order valence-corrected chi connectivity index (χ4v) is 5.18. The van der Waals surface area contributed by atoms with E-state index >= 15 is 0 Å². The fraction of sp³-hybridized carbons (Fsp3) is 0.240. The number of hydrogen-bond acceptors (Lipinski definition) is 6. The number of anilines is 2. The summed E-state index contributed by atoms with van der Waals surface area (Å²) < 4.78 is 38.8. The van der Waals surface area contributed by atoms with E-state index in [0.29, 0.717) is 22.9 Å². The van der Waals surface area contributed by atoms with E-state index in [-0.39, 0.29) is 10.8 Å². The summed E-state index contributed by atoms with van der Waals surface area (Å²) in [4.78, 5) is 13.6. The minimum Gasteiger partial charge on any atom is -0.493 e. The average molecular weight is 501 g/mol. The topological polar surface area (TPSA) is 93.7 Å². The third-order valence-electron chi connectivity index (χ3n) is 5.11. The lowest BCUT2D eigenvalue weighted by atomic mass is 10.1. The van der Waals surface area contributed by atoms with Crippen LogP contribution in [0.15, 0.2) is 70.5 Å². The van der Waals surface area contributed by atoms with Crippen molar-refractivity contribution < 1.29 is 22.7 Å². The highest BCUT2D eigenvalue weighted by molar-refractivity contribution is 8.00. The Balaban J connectivity index is 1.65. The van der Waals surface area contributed by atoms with Crippen molar-refractivity contribution in [3.05, 3.63) is 71.8 Å². The normalized spacial score (nSPS) is 12.0. The van der Waals surface area contributed by atoms with E-state index in [9.17, 15) is 13.2 Å². The van der Waals surface area contributed by atoms with E-state index < -0.39 is 15.3 Å². The highest BCUT2D eigenvalue weighted by Crippen LogP contribution is 2.33. The summed E-state index contributed by atoms with van der Waals surface area (Å²) in [6.07, 6.45) is 0. The molecule has 0 spiro atoms. The Kier molecular flexibility index (Phi) is 8.11. The maximum atomic E-state index is 12.8. The summed E-state index contributed by atoms with van der Waals surface area (Å²) in [7, 11) is -0.630. The summed E-state index contributed by atoms with van der Waals surface area (Å²) in [6, 6.07) is 17.1. The summed E-state index contributed by atoms with van der Waals surface area (Å²) in [5.41, 5.74) is 2.84. The summed E-state index contributed by atoms with van der Waals surface area (Å²) in [6.45, 7) is 5.54. The first kappa shape index (κ1) is 25.5. The number of ether oxygens (including phenoxy) is 2. The second-order valence-corrected chi connectivity index (χ2v) is 10.8. The van der Waals surface area contributed by atoms with Gasteiger partial charge in [0.15, 0.2) is 11.5 Å². The van der Waals surface area contributed by atoms with Crippen LogP contribution in [0.4, 0.5) is 11.4 Å². The molecule has 0 fully saturated rings. The minimum atomic E-state index is -3.76. The number of methoxy groups -OCH3 is 2. The van der Waals surface area contributed by atoms with Gasteiger partial charge in [0.2, 0.25) is 5.91 Å². The molecule has 3 aromatic carbocycles. The number of hydrogen-bond donors (Lipinski definition) is 2. The number of nitrogens with one attached hydrogen (secondary N) is 2. The zero-order valence-corrected chi connectivity index (χ0v) is 21.3. The van der Waals surface area contributed by atoms with Crippen molar-refractivity contribution in [1.29, 1.82) is 0 Å². The van der Waals surface area contributed by atoms with Gasteiger partial charge in [-0.1, -0.05) is 12.1 Å². The Morgan fingerprint density at radius 2 is 1.59 bits per heavy atom.